The third-order valence-corrected chi connectivity index (χ3v) is 7.77. The molecule has 2 unspecified atom stereocenters. The SMILES string of the molecule is CC(Nc1ccc(S(=O)(=O)c2ccc(NC(C)S(=O)(=O)O)cc2)cc1)S(=O)(=O)O. The predicted octanol–water partition coefficient (Wildman–Crippen LogP) is 1.81. The van der Waals surface area contributed by atoms with Crippen molar-refractivity contribution in [3.05, 3.63) is 48.5 Å². The molecule has 13 heteroatoms. The lowest BCUT2D eigenvalue weighted by atomic mass is 10.3. The fraction of sp³-hybridized carbons (Fsp3) is 0.250. The van der Waals surface area contributed by atoms with Crippen LogP contribution in [0.5, 0.6) is 0 Å². The summed E-state index contributed by atoms with van der Waals surface area (Å²) in [6.45, 7) is 2.47. The molecular weight excluding hydrogens is 444 g/mol. The van der Waals surface area contributed by atoms with Crippen molar-refractivity contribution < 1.29 is 34.4 Å². The van der Waals surface area contributed by atoms with Crippen LogP contribution in [0.3, 0.4) is 0 Å². The van der Waals surface area contributed by atoms with Gasteiger partial charge in [-0.1, -0.05) is 0 Å². The Morgan fingerprint density at radius 3 is 1.14 bits per heavy atom. The quantitative estimate of drug-likeness (QED) is 0.423. The maximum atomic E-state index is 12.7. The normalized spacial score (nSPS) is 14.8. The molecule has 0 bridgehead atoms. The topological polar surface area (TPSA) is 167 Å². The van der Waals surface area contributed by atoms with Crippen molar-refractivity contribution in [3.63, 3.8) is 0 Å². The summed E-state index contributed by atoms with van der Waals surface area (Å²) < 4.78 is 87.5. The molecular formula is C16H20N2O8S3. The summed E-state index contributed by atoms with van der Waals surface area (Å²) in [4.78, 5) is -0.0934. The standard InChI is InChI=1S/C16H20N2O8S3/c1-11(28(21,22)23)17-13-3-7-15(8-4-13)27(19,20)16-9-5-14(6-10-16)18-12(2)29(24,25)26/h3-12,17-18H,1-2H3,(H,21,22,23)(H,24,25,26). The van der Waals surface area contributed by atoms with Crippen molar-refractivity contribution in [1.29, 1.82) is 0 Å². The van der Waals surface area contributed by atoms with E-state index < -0.39 is 40.8 Å². The summed E-state index contributed by atoms with van der Waals surface area (Å²) in [7, 11) is -12.5. The summed E-state index contributed by atoms with van der Waals surface area (Å²) in [5.41, 5.74) is 0.598. The molecule has 10 nitrogen and oxygen atoms in total. The Kier molecular flexibility index (Phi) is 6.59. The van der Waals surface area contributed by atoms with Crippen LogP contribution in [0.4, 0.5) is 11.4 Å². The zero-order valence-corrected chi connectivity index (χ0v) is 17.8. The van der Waals surface area contributed by atoms with Crippen LogP contribution < -0.4 is 10.6 Å². The Labute approximate surface area is 169 Å². The van der Waals surface area contributed by atoms with Gasteiger partial charge in [-0.05, 0) is 62.4 Å². The van der Waals surface area contributed by atoms with Crippen molar-refractivity contribution in [2.45, 2.75) is 34.4 Å². The minimum absolute atomic E-state index is 0.0467. The highest BCUT2D eigenvalue weighted by molar-refractivity contribution is 7.91. The van der Waals surface area contributed by atoms with E-state index in [0.717, 1.165) is 0 Å². The minimum atomic E-state index is -4.29. The predicted molar refractivity (Wildman–Crippen MR) is 108 cm³/mol. The fourth-order valence-electron chi connectivity index (χ4n) is 2.22. The highest BCUT2D eigenvalue weighted by Crippen LogP contribution is 2.24. The van der Waals surface area contributed by atoms with Crippen LogP contribution in [0, 0.1) is 0 Å². The molecule has 0 aromatic heterocycles. The number of hydrogen-bond donors (Lipinski definition) is 4. The molecule has 0 amide bonds. The Balaban J connectivity index is 2.20. The van der Waals surface area contributed by atoms with Gasteiger partial charge in [-0.25, -0.2) is 8.42 Å². The average molecular weight is 465 g/mol. The van der Waals surface area contributed by atoms with Crippen LogP contribution in [0.15, 0.2) is 58.3 Å². The average Bonchev–Trinajstić information content (AvgIpc) is 2.61. The van der Waals surface area contributed by atoms with E-state index in [2.05, 4.69) is 10.6 Å². The van der Waals surface area contributed by atoms with Crippen LogP contribution in [0.2, 0.25) is 0 Å². The first kappa shape index (κ1) is 23.1. The zero-order chi connectivity index (χ0) is 22.0. The van der Waals surface area contributed by atoms with Crippen LogP contribution in [-0.4, -0.2) is 45.1 Å². The van der Waals surface area contributed by atoms with Gasteiger partial charge in [0.1, 0.15) is 0 Å². The van der Waals surface area contributed by atoms with E-state index in [1.807, 2.05) is 0 Å². The van der Waals surface area contributed by atoms with Gasteiger partial charge < -0.3 is 10.6 Å². The van der Waals surface area contributed by atoms with Crippen LogP contribution >= 0.6 is 0 Å². The number of benzene rings is 2. The van der Waals surface area contributed by atoms with E-state index >= 15 is 0 Å². The van der Waals surface area contributed by atoms with Gasteiger partial charge in [-0.15, -0.1) is 0 Å². The van der Waals surface area contributed by atoms with Gasteiger partial charge >= 0.3 is 0 Å². The van der Waals surface area contributed by atoms with Gasteiger partial charge in [-0.3, -0.25) is 9.11 Å². The third-order valence-electron chi connectivity index (χ3n) is 3.96. The van der Waals surface area contributed by atoms with Crippen molar-refractivity contribution >= 4 is 41.4 Å². The monoisotopic (exact) mass is 464 g/mol. The molecule has 29 heavy (non-hydrogen) atoms. The summed E-state index contributed by atoms with van der Waals surface area (Å²) in [6.07, 6.45) is 0. The van der Waals surface area contributed by atoms with Gasteiger partial charge in [-0.2, -0.15) is 16.8 Å². The number of anilines is 2. The molecule has 2 aromatic carbocycles. The Morgan fingerprint density at radius 2 is 0.897 bits per heavy atom. The molecule has 0 saturated carbocycles. The van der Waals surface area contributed by atoms with E-state index in [4.69, 9.17) is 9.11 Å². The summed E-state index contributed by atoms with van der Waals surface area (Å²) >= 11 is 0. The molecule has 2 rings (SSSR count). The highest BCUT2D eigenvalue weighted by Gasteiger charge is 2.20. The molecule has 0 aliphatic heterocycles. The Morgan fingerprint density at radius 1 is 0.621 bits per heavy atom. The van der Waals surface area contributed by atoms with Gasteiger partial charge in [0.05, 0.1) is 9.79 Å². The largest absolute Gasteiger partial charge is 0.367 e. The molecule has 0 aliphatic rings. The molecule has 2 atom stereocenters. The van der Waals surface area contributed by atoms with E-state index in [9.17, 15) is 25.3 Å². The fourth-order valence-corrected chi connectivity index (χ4v) is 4.05. The lowest BCUT2D eigenvalue weighted by molar-refractivity contribution is 0.473. The number of rotatable bonds is 8. The maximum Gasteiger partial charge on any atom is 0.285 e. The first-order chi connectivity index (χ1) is 13.2. The molecule has 160 valence electrons. The number of nitrogens with one attached hydrogen (secondary N) is 2. The smallest absolute Gasteiger partial charge is 0.285 e. The maximum absolute atomic E-state index is 12.7. The van der Waals surface area contributed by atoms with E-state index in [0.29, 0.717) is 11.4 Å². The zero-order valence-electron chi connectivity index (χ0n) is 15.3. The molecule has 4 N–H and O–H groups in total. The van der Waals surface area contributed by atoms with E-state index in [1.54, 1.807) is 0 Å². The molecule has 0 aliphatic carbocycles. The number of hydrogen-bond acceptors (Lipinski definition) is 8. The molecule has 0 radical (unpaired) electrons. The van der Waals surface area contributed by atoms with Crippen LogP contribution in [0.25, 0.3) is 0 Å². The Hall–Kier alpha value is -2.19. The van der Waals surface area contributed by atoms with Gasteiger partial charge in [0, 0.05) is 11.4 Å². The number of sulfone groups is 1. The highest BCUT2D eigenvalue weighted by atomic mass is 32.2. The minimum Gasteiger partial charge on any atom is -0.367 e. The van der Waals surface area contributed by atoms with Crippen molar-refractivity contribution in [2.75, 3.05) is 10.6 Å². The van der Waals surface area contributed by atoms with Crippen molar-refractivity contribution in [2.24, 2.45) is 0 Å². The third kappa shape index (κ3) is 5.90. The van der Waals surface area contributed by atoms with E-state index in [-0.39, 0.29) is 9.79 Å². The molecule has 0 fully saturated rings. The summed E-state index contributed by atoms with van der Waals surface area (Å²) in [6, 6.07) is 10.6. The van der Waals surface area contributed by atoms with Crippen LogP contribution in [-0.2, 0) is 30.1 Å². The molecule has 0 spiro atoms. The van der Waals surface area contributed by atoms with E-state index in [1.165, 1.54) is 62.4 Å². The molecule has 0 saturated heterocycles. The summed E-state index contributed by atoms with van der Waals surface area (Å²) in [5.74, 6) is 0. The second kappa shape index (κ2) is 8.28. The van der Waals surface area contributed by atoms with Crippen molar-refractivity contribution in [1.82, 2.24) is 0 Å². The van der Waals surface area contributed by atoms with Gasteiger partial charge in [0.2, 0.25) is 9.84 Å². The first-order valence-corrected chi connectivity index (χ1v) is 12.6. The summed E-state index contributed by atoms with van der Waals surface area (Å²) in [5, 5.41) is 2.52. The second-order valence-electron chi connectivity index (χ2n) is 6.16. The molecule has 2 aromatic rings. The van der Waals surface area contributed by atoms with Crippen molar-refractivity contribution in [3.8, 4) is 0 Å². The lowest BCUT2D eigenvalue weighted by Gasteiger charge is -2.13. The van der Waals surface area contributed by atoms with Gasteiger partial charge in [0.15, 0.2) is 10.7 Å². The lowest BCUT2D eigenvalue weighted by Crippen LogP contribution is -2.25. The second-order valence-corrected chi connectivity index (χ2v) is 11.6. The van der Waals surface area contributed by atoms with Crippen LogP contribution in [0.1, 0.15) is 13.8 Å². The Bertz CT molecular complexity index is 1080. The first-order valence-electron chi connectivity index (χ1n) is 8.12. The molecule has 0 heterocycles. The van der Waals surface area contributed by atoms with Gasteiger partial charge in [0.25, 0.3) is 20.2 Å².